The largest absolute Gasteiger partial charge is 0.494 e. The summed E-state index contributed by atoms with van der Waals surface area (Å²) in [6.07, 6.45) is 0.854. The van der Waals surface area contributed by atoms with Gasteiger partial charge in [-0.3, -0.25) is 0 Å². The lowest BCUT2D eigenvalue weighted by atomic mass is 10.3. The number of benzene rings is 1. The number of aromatic nitrogens is 1. The second-order valence-corrected chi connectivity index (χ2v) is 4.23. The molecule has 0 fully saturated rings. The molecule has 0 radical (unpaired) electrons. The van der Waals surface area contributed by atoms with Crippen molar-refractivity contribution in [3.63, 3.8) is 0 Å². The molecule has 5 nitrogen and oxygen atoms in total. The summed E-state index contributed by atoms with van der Waals surface area (Å²) >= 11 is 0. The average molecular weight is 273 g/mol. The van der Waals surface area contributed by atoms with Gasteiger partial charge < -0.3 is 20.5 Å². The Morgan fingerprint density at radius 2 is 1.95 bits per heavy atom. The molecule has 0 aliphatic rings. The number of anilines is 2. The first-order valence-electron chi connectivity index (χ1n) is 6.52. The Bertz CT molecular complexity index is 532. The Balaban J connectivity index is 1.73. The van der Waals surface area contributed by atoms with Gasteiger partial charge in [0.15, 0.2) is 5.82 Å². The molecule has 1 aromatic heterocycles. The van der Waals surface area contributed by atoms with Crippen molar-refractivity contribution < 1.29 is 9.47 Å². The average Bonchev–Trinajstić information content (AvgIpc) is 2.50. The Hall–Kier alpha value is -2.43. The fourth-order valence-electron chi connectivity index (χ4n) is 1.69. The predicted octanol–water partition coefficient (Wildman–Crippen LogP) is 2.55. The van der Waals surface area contributed by atoms with Crippen molar-refractivity contribution in [2.75, 3.05) is 31.3 Å². The number of nitrogen functional groups attached to an aromatic ring is 1. The lowest BCUT2D eigenvalue weighted by Crippen LogP contribution is -2.10. The van der Waals surface area contributed by atoms with Crippen LogP contribution in [-0.2, 0) is 0 Å². The van der Waals surface area contributed by atoms with Gasteiger partial charge in [0.25, 0.3) is 0 Å². The van der Waals surface area contributed by atoms with Gasteiger partial charge >= 0.3 is 0 Å². The summed E-state index contributed by atoms with van der Waals surface area (Å²) in [6.45, 7) is 1.37. The maximum atomic E-state index is 5.84. The minimum atomic E-state index is 0.544. The monoisotopic (exact) mass is 273 g/mol. The molecule has 2 rings (SSSR count). The van der Waals surface area contributed by atoms with Crippen LogP contribution in [0.25, 0.3) is 0 Å². The SMILES string of the molecule is COc1ccc(N)c(NCCCOc2ccccc2)n1. The standard InChI is InChI=1S/C15H19N3O2/c1-19-14-9-8-13(16)15(18-14)17-10-5-11-20-12-6-3-2-4-7-12/h2-4,6-9H,5,10-11,16H2,1H3,(H,17,18). The molecule has 0 atom stereocenters. The van der Waals surface area contributed by atoms with Crippen molar-refractivity contribution in [3.05, 3.63) is 42.5 Å². The van der Waals surface area contributed by atoms with Crippen molar-refractivity contribution in [2.24, 2.45) is 0 Å². The van der Waals surface area contributed by atoms with E-state index in [1.165, 1.54) is 0 Å². The van der Waals surface area contributed by atoms with E-state index < -0.39 is 0 Å². The van der Waals surface area contributed by atoms with Crippen molar-refractivity contribution in [1.29, 1.82) is 0 Å². The van der Waals surface area contributed by atoms with Crippen LogP contribution in [0.2, 0.25) is 0 Å². The van der Waals surface area contributed by atoms with E-state index in [1.54, 1.807) is 19.2 Å². The predicted molar refractivity (Wildman–Crippen MR) is 80.2 cm³/mol. The van der Waals surface area contributed by atoms with Crippen molar-refractivity contribution >= 4 is 11.5 Å². The smallest absolute Gasteiger partial charge is 0.215 e. The lowest BCUT2D eigenvalue weighted by molar-refractivity contribution is 0.315. The molecule has 0 saturated carbocycles. The maximum absolute atomic E-state index is 5.84. The quantitative estimate of drug-likeness (QED) is 0.759. The summed E-state index contributed by atoms with van der Waals surface area (Å²) in [5.41, 5.74) is 6.44. The van der Waals surface area contributed by atoms with Gasteiger partial charge in [-0.25, -0.2) is 0 Å². The number of ether oxygens (including phenoxy) is 2. The zero-order chi connectivity index (χ0) is 14.2. The first-order chi connectivity index (χ1) is 9.79. The normalized spacial score (nSPS) is 10.1. The minimum absolute atomic E-state index is 0.544. The van der Waals surface area contributed by atoms with Gasteiger partial charge in [-0.05, 0) is 24.6 Å². The number of hydrogen-bond donors (Lipinski definition) is 2. The first-order valence-corrected chi connectivity index (χ1v) is 6.52. The van der Waals surface area contributed by atoms with E-state index >= 15 is 0 Å². The van der Waals surface area contributed by atoms with Gasteiger partial charge in [-0.15, -0.1) is 0 Å². The van der Waals surface area contributed by atoms with E-state index in [0.29, 0.717) is 24.0 Å². The molecule has 0 spiro atoms. The van der Waals surface area contributed by atoms with E-state index in [0.717, 1.165) is 18.7 Å². The van der Waals surface area contributed by atoms with Crippen LogP contribution in [0, 0.1) is 0 Å². The molecule has 0 unspecified atom stereocenters. The Morgan fingerprint density at radius 1 is 1.15 bits per heavy atom. The summed E-state index contributed by atoms with van der Waals surface area (Å²) in [4.78, 5) is 4.25. The van der Waals surface area contributed by atoms with Crippen LogP contribution in [0.3, 0.4) is 0 Å². The van der Waals surface area contributed by atoms with Gasteiger partial charge in [0.1, 0.15) is 5.75 Å². The van der Waals surface area contributed by atoms with Crippen LogP contribution < -0.4 is 20.5 Å². The van der Waals surface area contributed by atoms with E-state index in [-0.39, 0.29) is 0 Å². The highest BCUT2D eigenvalue weighted by atomic mass is 16.5. The van der Waals surface area contributed by atoms with Crippen LogP contribution in [0.4, 0.5) is 11.5 Å². The second kappa shape index (κ2) is 7.23. The maximum Gasteiger partial charge on any atom is 0.215 e. The van der Waals surface area contributed by atoms with E-state index in [9.17, 15) is 0 Å². The third-order valence-electron chi connectivity index (χ3n) is 2.74. The first kappa shape index (κ1) is 14.0. The summed E-state index contributed by atoms with van der Waals surface area (Å²) in [6, 6.07) is 13.3. The van der Waals surface area contributed by atoms with Crippen molar-refractivity contribution in [3.8, 4) is 11.6 Å². The minimum Gasteiger partial charge on any atom is -0.494 e. The van der Waals surface area contributed by atoms with Gasteiger partial charge in [0.05, 0.1) is 19.4 Å². The van der Waals surface area contributed by atoms with E-state index in [4.69, 9.17) is 15.2 Å². The van der Waals surface area contributed by atoms with Crippen molar-refractivity contribution in [1.82, 2.24) is 4.98 Å². The molecule has 2 aromatic rings. The summed E-state index contributed by atoms with van der Waals surface area (Å²) in [7, 11) is 1.58. The molecule has 0 aliphatic carbocycles. The molecule has 0 saturated heterocycles. The molecule has 1 heterocycles. The van der Waals surface area contributed by atoms with Crippen LogP contribution in [0.15, 0.2) is 42.5 Å². The van der Waals surface area contributed by atoms with Gasteiger partial charge in [-0.2, -0.15) is 4.98 Å². The molecule has 3 N–H and O–H groups in total. The van der Waals surface area contributed by atoms with Crippen LogP contribution in [0.5, 0.6) is 11.6 Å². The lowest BCUT2D eigenvalue weighted by Gasteiger charge is -2.10. The van der Waals surface area contributed by atoms with E-state index in [2.05, 4.69) is 10.3 Å². The van der Waals surface area contributed by atoms with E-state index in [1.807, 2.05) is 30.3 Å². The number of nitrogens with two attached hydrogens (primary N) is 1. The molecule has 0 bridgehead atoms. The number of nitrogens with zero attached hydrogens (tertiary/aromatic N) is 1. The topological polar surface area (TPSA) is 69.4 Å². The number of methoxy groups -OCH3 is 1. The zero-order valence-corrected chi connectivity index (χ0v) is 11.5. The van der Waals surface area contributed by atoms with Crippen LogP contribution >= 0.6 is 0 Å². The Labute approximate surface area is 118 Å². The zero-order valence-electron chi connectivity index (χ0n) is 11.5. The Morgan fingerprint density at radius 3 is 2.70 bits per heavy atom. The summed E-state index contributed by atoms with van der Waals surface area (Å²) in [5, 5.41) is 3.18. The number of nitrogens with one attached hydrogen (secondary N) is 1. The molecular formula is C15H19N3O2. The van der Waals surface area contributed by atoms with Gasteiger partial charge in [0, 0.05) is 12.6 Å². The fraction of sp³-hybridized carbons (Fsp3) is 0.267. The number of pyridine rings is 1. The molecule has 106 valence electrons. The highest BCUT2D eigenvalue weighted by Gasteiger charge is 2.02. The molecule has 0 aliphatic heterocycles. The highest BCUT2D eigenvalue weighted by molar-refractivity contribution is 5.61. The number of para-hydroxylation sites is 1. The van der Waals surface area contributed by atoms with Gasteiger partial charge in [0.2, 0.25) is 5.88 Å². The summed E-state index contributed by atoms with van der Waals surface area (Å²) in [5.74, 6) is 2.07. The molecule has 5 heteroatoms. The fourth-order valence-corrected chi connectivity index (χ4v) is 1.69. The number of hydrogen-bond acceptors (Lipinski definition) is 5. The Kier molecular flexibility index (Phi) is 5.06. The molecule has 20 heavy (non-hydrogen) atoms. The van der Waals surface area contributed by atoms with Crippen LogP contribution in [-0.4, -0.2) is 25.2 Å². The van der Waals surface area contributed by atoms with Crippen molar-refractivity contribution in [2.45, 2.75) is 6.42 Å². The second-order valence-electron chi connectivity index (χ2n) is 4.23. The highest BCUT2D eigenvalue weighted by Crippen LogP contribution is 2.19. The third-order valence-corrected chi connectivity index (χ3v) is 2.74. The van der Waals surface area contributed by atoms with Gasteiger partial charge in [-0.1, -0.05) is 18.2 Å². The molecule has 1 aromatic carbocycles. The molecular weight excluding hydrogens is 254 g/mol. The number of rotatable bonds is 7. The van der Waals surface area contributed by atoms with Crippen LogP contribution in [0.1, 0.15) is 6.42 Å². The molecule has 0 amide bonds. The summed E-state index contributed by atoms with van der Waals surface area (Å²) < 4.78 is 10.7. The third kappa shape index (κ3) is 4.05.